The fourth-order valence-electron chi connectivity index (χ4n) is 2.32. The number of aryl methyl sites for hydroxylation is 1. The highest BCUT2D eigenvalue weighted by Crippen LogP contribution is 2.15. The number of likely N-dealkylation sites (N-methyl/N-ethyl adjacent to an activating group) is 1. The fraction of sp³-hybridized carbons (Fsp3) is 0.556. The lowest BCUT2D eigenvalue weighted by molar-refractivity contribution is -0.157. The summed E-state index contributed by atoms with van der Waals surface area (Å²) in [5, 5.41) is 3.05. The first-order chi connectivity index (χ1) is 12.2. The van der Waals surface area contributed by atoms with Crippen LogP contribution in [0, 0.1) is 0 Å². The predicted octanol–water partition coefficient (Wildman–Crippen LogP) is 3.29. The average Bonchev–Trinajstić information content (AvgIpc) is 2.57. The number of carbonyl (C=O) groups excluding carboxylic acids is 1. The van der Waals surface area contributed by atoms with Crippen molar-refractivity contribution in [3.8, 4) is 0 Å². The van der Waals surface area contributed by atoms with E-state index in [1.165, 1.54) is 5.56 Å². The molecule has 0 bridgehead atoms. The number of hydrogen-bond donors (Lipinski definition) is 1. The van der Waals surface area contributed by atoms with Gasteiger partial charge in [0, 0.05) is 27.2 Å². The fourth-order valence-corrected chi connectivity index (χ4v) is 2.32. The number of benzene rings is 1. The van der Waals surface area contributed by atoms with Crippen molar-refractivity contribution >= 4 is 35.8 Å². The predicted molar refractivity (Wildman–Crippen MR) is 112 cm³/mol. The Morgan fingerprint density at radius 1 is 1.07 bits per heavy atom. The maximum Gasteiger partial charge on any atom is 0.406 e. The van der Waals surface area contributed by atoms with Gasteiger partial charge >= 0.3 is 6.18 Å². The smallest absolute Gasteiger partial charge is 0.357 e. The Balaban J connectivity index is 0.00000676. The van der Waals surface area contributed by atoms with Crippen LogP contribution >= 0.6 is 24.0 Å². The normalized spacial score (nSPS) is 11.6. The summed E-state index contributed by atoms with van der Waals surface area (Å²) in [4.78, 5) is 18.5. The van der Waals surface area contributed by atoms with Crippen LogP contribution in [-0.4, -0.2) is 61.6 Å². The van der Waals surface area contributed by atoms with Crippen LogP contribution < -0.4 is 5.32 Å². The molecule has 0 aliphatic carbocycles. The molecule has 1 aromatic carbocycles. The molecule has 0 atom stereocenters. The monoisotopic (exact) mass is 500 g/mol. The molecule has 1 aromatic rings. The molecule has 154 valence electrons. The van der Waals surface area contributed by atoms with Crippen molar-refractivity contribution in [2.45, 2.75) is 33.0 Å². The molecule has 0 radical (unpaired) electrons. The van der Waals surface area contributed by atoms with Crippen molar-refractivity contribution in [1.82, 2.24) is 15.1 Å². The molecule has 1 rings (SSSR count). The minimum Gasteiger partial charge on any atom is -0.357 e. The van der Waals surface area contributed by atoms with Gasteiger partial charge in [-0.25, -0.2) is 4.99 Å². The van der Waals surface area contributed by atoms with Crippen LogP contribution in [0.2, 0.25) is 0 Å². The number of amides is 1. The van der Waals surface area contributed by atoms with Crippen LogP contribution in [0.5, 0.6) is 0 Å². The van der Waals surface area contributed by atoms with Crippen LogP contribution in [0.3, 0.4) is 0 Å². The van der Waals surface area contributed by atoms with Gasteiger partial charge in [-0.1, -0.05) is 31.2 Å². The molecular formula is C18H28F3IN4O. The van der Waals surface area contributed by atoms with E-state index in [1.54, 1.807) is 0 Å². The Morgan fingerprint density at radius 2 is 1.63 bits per heavy atom. The lowest BCUT2D eigenvalue weighted by atomic mass is 10.1. The van der Waals surface area contributed by atoms with Crippen molar-refractivity contribution < 1.29 is 18.0 Å². The molecule has 0 heterocycles. The van der Waals surface area contributed by atoms with E-state index in [4.69, 9.17) is 0 Å². The van der Waals surface area contributed by atoms with Crippen molar-refractivity contribution in [3.63, 3.8) is 0 Å². The Labute approximate surface area is 176 Å². The molecule has 5 nitrogen and oxygen atoms in total. The van der Waals surface area contributed by atoms with E-state index in [1.807, 2.05) is 31.0 Å². The summed E-state index contributed by atoms with van der Waals surface area (Å²) in [6.45, 7) is 3.51. The molecule has 0 aliphatic rings. The van der Waals surface area contributed by atoms with Gasteiger partial charge < -0.3 is 15.1 Å². The lowest BCUT2D eigenvalue weighted by Gasteiger charge is -2.23. The van der Waals surface area contributed by atoms with E-state index in [2.05, 4.69) is 29.4 Å². The molecule has 0 unspecified atom stereocenters. The number of guanidine groups is 1. The van der Waals surface area contributed by atoms with Gasteiger partial charge in [-0.3, -0.25) is 4.79 Å². The molecular weight excluding hydrogens is 472 g/mol. The second kappa shape index (κ2) is 12.0. The minimum absolute atomic E-state index is 0. The van der Waals surface area contributed by atoms with Gasteiger partial charge in [0.2, 0.25) is 5.91 Å². The topological polar surface area (TPSA) is 47.9 Å². The number of nitrogens with zero attached hydrogens (tertiary/aromatic N) is 3. The van der Waals surface area contributed by atoms with Gasteiger partial charge in [-0.05, 0) is 24.5 Å². The minimum atomic E-state index is -4.42. The molecule has 1 amide bonds. The quantitative estimate of drug-likeness (QED) is 0.355. The number of aliphatic imine (C=N–C) groups is 1. The van der Waals surface area contributed by atoms with Crippen LogP contribution in [0.4, 0.5) is 13.2 Å². The van der Waals surface area contributed by atoms with Crippen LogP contribution in [0.1, 0.15) is 25.0 Å². The van der Waals surface area contributed by atoms with E-state index >= 15 is 0 Å². The van der Waals surface area contributed by atoms with Crippen molar-refractivity contribution in [1.29, 1.82) is 0 Å². The number of carbonyl (C=O) groups is 1. The van der Waals surface area contributed by atoms with Crippen molar-refractivity contribution in [2.24, 2.45) is 4.99 Å². The van der Waals surface area contributed by atoms with Crippen LogP contribution in [0.15, 0.2) is 29.3 Å². The summed E-state index contributed by atoms with van der Waals surface area (Å²) in [6, 6.07) is 8.17. The SMILES string of the molecule is CCNC(=NCC(=O)N(C)CC(F)(F)F)N(C)Cc1ccc(CC)cc1.I. The number of nitrogens with one attached hydrogen (secondary N) is 1. The van der Waals surface area contributed by atoms with E-state index in [9.17, 15) is 18.0 Å². The maximum absolute atomic E-state index is 12.4. The van der Waals surface area contributed by atoms with E-state index < -0.39 is 18.6 Å². The summed E-state index contributed by atoms with van der Waals surface area (Å²) >= 11 is 0. The van der Waals surface area contributed by atoms with E-state index in [0.29, 0.717) is 23.9 Å². The first-order valence-corrected chi connectivity index (χ1v) is 8.54. The maximum atomic E-state index is 12.4. The lowest BCUT2D eigenvalue weighted by Crippen LogP contribution is -2.41. The third-order valence-electron chi connectivity index (χ3n) is 3.75. The summed E-state index contributed by atoms with van der Waals surface area (Å²) < 4.78 is 37.1. The second-order valence-corrected chi connectivity index (χ2v) is 6.06. The highest BCUT2D eigenvalue weighted by molar-refractivity contribution is 14.0. The Hall–Kier alpha value is -1.52. The molecule has 9 heteroatoms. The van der Waals surface area contributed by atoms with Gasteiger partial charge in [0.15, 0.2) is 5.96 Å². The Kier molecular flexibility index (Phi) is 11.4. The van der Waals surface area contributed by atoms with Gasteiger partial charge in [-0.15, -0.1) is 24.0 Å². The largest absolute Gasteiger partial charge is 0.406 e. The highest BCUT2D eigenvalue weighted by Gasteiger charge is 2.31. The molecule has 0 fully saturated rings. The van der Waals surface area contributed by atoms with Gasteiger partial charge in [0.1, 0.15) is 13.1 Å². The average molecular weight is 500 g/mol. The second-order valence-electron chi connectivity index (χ2n) is 6.06. The molecule has 0 aliphatic heterocycles. The highest BCUT2D eigenvalue weighted by atomic mass is 127. The van der Waals surface area contributed by atoms with E-state index in [-0.39, 0.29) is 30.5 Å². The molecule has 0 saturated carbocycles. The first kappa shape index (κ1) is 25.5. The Morgan fingerprint density at radius 3 is 2.11 bits per heavy atom. The Bertz CT molecular complexity index is 606. The van der Waals surface area contributed by atoms with Crippen LogP contribution in [0.25, 0.3) is 0 Å². The van der Waals surface area contributed by atoms with E-state index in [0.717, 1.165) is 19.0 Å². The zero-order chi connectivity index (χ0) is 19.7. The summed E-state index contributed by atoms with van der Waals surface area (Å²) in [5.74, 6) is -0.209. The van der Waals surface area contributed by atoms with Crippen molar-refractivity contribution in [2.75, 3.05) is 33.7 Å². The zero-order valence-corrected chi connectivity index (χ0v) is 18.5. The molecule has 1 N–H and O–H groups in total. The standard InChI is InChI=1S/C18H27F3N4O.HI/c1-5-14-7-9-15(10-8-14)12-24(3)17(22-6-2)23-11-16(26)25(4)13-18(19,20)21;/h7-10H,5-6,11-13H2,1-4H3,(H,22,23);1H. The number of rotatable bonds is 7. The number of hydrogen-bond acceptors (Lipinski definition) is 2. The number of halogens is 4. The van der Waals surface area contributed by atoms with Gasteiger partial charge in [-0.2, -0.15) is 13.2 Å². The summed E-state index contributed by atoms with van der Waals surface area (Å²) in [5.41, 5.74) is 2.33. The summed E-state index contributed by atoms with van der Waals surface area (Å²) in [7, 11) is 2.94. The number of alkyl halides is 3. The summed E-state index contributed by atoms with van der Waals surface area (Å²) in [6.07, 6.45) is -3.45. The first-order valence-electron chi connectivity index (χ1n) is 8.54. The molecule has 0 aromatic heterocycles. The van der Waals surface area contributed by atoms with Gasteiger partial charge in [0.05, 0.1) is 0 Å². The third kappa shape index (κ3) is 9.83. The molecule has 0 spiro atoms. The van der Waals surface area contributed by atoms with Gasteiger partial charge in [0.25, 0.3) is 0 Å². The molecule has 27 heavy (non-hydrogen) atoms. The van der Waals surface area contributed by atoms with Crippen molar-refractivity contribution in [3.05, 3.63) is 35.4 Å². The third-order valence-corrected chi connectivity index (χ3v) is 3.75. The zero-order valence-electron chi connectivity index (χ0n) is 16.1. The molecule has 0 saturated heterocycles. The van der Waals surface area contributed by atoms with Crippen LogP contribution in [-0.2, 0) is 17.8 Å².